The number of fused-ring (bicyclic) bond motifs is 1. The lowest BCUT2D eigenvalue weighted by atomic mass is 9.99. The predicted molar refractivity (Wildman–Crippen MR) is 119 cm³/mol. The second-order valence-electron chi connectivity index (χ2n) is 7.27. The van der Waals surface area contributed by atoms with Gasteiger partial charge in [-0.1, -0.05) is 17.7 Å². The van der Waals surface area contributed by atoms with Gasteiger partial charge in [0, 0.05) is 23.8 Å². The number of nitrogens with zero attached hydrogens (tertiary/aromatic N) is 4. The summed E-state index contributed by atoms with van der Waals surface area (Å²) in [5, 5.41) is 14.7. The van der Waals surface area contributed by atoms with Crippen LogP contribution in [0.3, 0.4) is 0 Å². The normalized spacial score (nSPS) is 13.4. The number of hydrogen-bond acceptors (Lipinski definition) is 8. The van der Waals surface area contributed by atoms with Gasteiger partial charge in [-0.3, -0.25) is 4.79 Å². The molecule has 3 aromatic rings. The third-order valence-corrected chi connectivity index (χ3v) is 5.21. The van der Waals surface area contributed by atoms with Crippen molar-refractivity contribution in [1.29, 1.82) is 0 Å². The number of carbonyl (C=O) groups excluding carboxylic acids is 1. The van der Waals surface area contributed by atoms with Gasteiger partial charge < -0.3 is 26.0 Å². The molecule has 160 valence electrons. The molecule has 1 aliphatic rings. The van der Waals surface area contributed by atoms with Crippen molar-refractivity contribution in [3.05, 3.63) is 58.2 Å². The number of anilines is 4. The zero-order chi connectivity index (χ0) is 22.0. The number of rotatable bonds is 6. The number of ether oxygens (including phenoxy) is 1. The van der Waals surface area contributed by atoms with Gasteiger partial charge in [0.2, 0.25) is 5.95 Å². The summed E-state index contributed by atoms with van der Waals surface area (Å²) in [5.74, 6) is 0.291. The van der Waals surface area contributed by atoms with Gasteiger partial charge in [0.05, 0.1) is 12.8 Å². The Bertz CT molecular complexity index is 1140. The maximum atomic E-state index is 11.8. The van der Waals surface area contributed by atoms with Crippen LogP contribution in [-0.2, 0) is 13.0 Å². The Hall–Kier alpha value is -3.43. The van der Waals surface area contributed by atoms with E-state index in [1.54, 1.807) is 31.4 Å². The van der Waals surface area contributed by atoms with Crippen LogP contribution in [0.15, 0.2) is 36.4 Å². The van der Waals surface area contributed by atoms with E-state index in [9.17, 15) is 4.79 Å². The highest BCUT2D eigenvalue weighted by Gasteiger charge is 2.19. The third-order valence-electron chi connectivity index (χ3n) is 4.98. The molecule has 0 spiro atoms. The molecule has 0 fully saturated rings. The van der Waals surface area contributed by atoms with Crippen molar-refractivity contribution in [2.45, 2.75) is 13.0 Å². The lowest BCUT2D eigenvalue weighted by molar-refractivity contribution is 0.0995. The van der Waals surface area contributed by atoms with Gasteiger partial charge in [-0.2, -0.15) is 4.98 Å². The Morgan fingerprint density at radius 2 is 2.03 bits per heavy atom. The van der Waals surface area contributed by atoms with Gasteiger partial charge in [0.15, 0.2) is 11.5 Å². The predicted octanol–water partition coefficient (Wildman–Crippen LogP) is 3.11. The summed E-state index contributed by atoms with van der Waals surface area (Å²) < 4.78 is 5.56. The molecule has 0 unspecified atom stereocenters. The second-order valence-corrected chi connectivity index (χ2v) is 7.70. The molecular weight excluding hydrogens is 418 g/mol. The van der Waals surface area contributed by atoms with Crippen LogP contribution in [0.25, 0.3) is 0 Å². The van der Waals surface area contributed by atoms with Gasteiger partial charge in [-0.05, 0) is 54.9 Å². The Kier molecular flexibility index (Phi) is 5.88. The molecule has 1 aliphatic heterocycles. The maximum Gasteiger partial charge on any atom is 0.273 e. The zero-order valence-corrected chi connectivity index (χ0v) is 17.9. The van der Waals surface area contributed by atoms with Crippen LogP contribution in [0.5, 0.6) is 5.75 Å². The number of likely N-dealkylation sites (N-methyl/N-ethyl adjacent to an activating group) is 1. The summed E-state index contributed by atoms with van der Waals surface area (Å²) in [6, 6.07) is 11.1. The monoisotopic (exact) mass is 439 g/mol. The highest BCUT2D eigenvalue weighted by atomic mass is 35.5. The number of methoxy groups -OCH3 is 1. The number of amides is 1. The van der Waals surface area contributed by atoms with Crippen molar-refractivity contribution in [2.75, 3.05) is 31.3 Å². The van der Waals surface area contributed by atoms with E-state index in [2.05, 4.69) is 37.8 Å². The molecule has 0 aliphatic carbocycles. The molecule has 2 aromatic carbocycles. The van der Waals surface area contributed by atoms with Crippen molar-refractivity contribution in [3.63, 3.8) is 0 Å². The first-order valence-corrected chi connectivity index (χ1v) is 10.0. The average Bonchev–Trinajstić information content (AvgIpc) is 2.73. The Balaban J connectivity index is 1.67. The summed E-state index contributed by atoms with van der Waals surface area (Å²) in [6.07, 6.45) is 0.936. The smallest absolute Gasteiger partial charge is 0.273 e. The van der Waals surface area contributed by atoms with E-state index in [-0.39, 0.29) is 17.5 Å². The topological polar surface area (TPSA) is 118 Å². The second kappa shape index (κ2) is 8.75. The molecule has 1 amide bonds. The number of carbonyl (C=O) groups is 1. The molecule has 9 nitrogen and oxygen atoms in total. The Labute approximate surface area is 184 Å². The standard InChI is InChI=1S/C21H22ClN7O2/c1-29-7-6-12-8-16(17(31-2)9-13(12)11-29)25-21-26-20(18(19(23)30)27-28-21)24-15-5-3-4-14(22)10-15/h3-5,8-10H,6-7,11H2,1-2H3,(H2,23,30)(H2,24,25,26,28). The Morgan fingerprint density at radius 1 is 1.19 bits per heavy atom. The van der Waals surface area contributed by atoms with Crippen LogP contribution in [0.2, 0.25) is 5.02 Å². The quantitative estimate of drug-likeness (QED) is 0.536. The van der Waals surface area contributed by atoms with Crippen LogP contribution in [0.4, 0.5) is 23.1 Å². The maximum absolute atomic E-state index is 11.8. The molecule has 31 heavy (non-hydrogen) atoms. The van der Waals surface area contributed by atoms with Crippen LogP contribution in [0.1, 0.15) is 21.6 Å². The first kappa shape index (κ1) is 20.8. The molecule has 4 N–H and O–H groups in total. The van der Waals surface area contributed by atoms with E-state index < -0.39 is 5.91 Å². The largest absolute Gasteiger partial charge is 0.495 e. The van der Waals surface area contributed by atoms with Crippen molar-refractivity contribution in [3.8, 4) is 5.75 Å². The lowest BCUT2D eigenvalue weighted by Gasteiger charge is -2.26. The number of primary amides is 1. The lowest BCUT2D eigenvalue weighted by Crippen LogP contribution is -2.26. The minimum absolute atomic E-state index is 0.0778. The highest BCUT2D eigenvalue weighted by Crippen LogP contribution is 2.33. The van der Waals surface area contributed by atoms with E-state index in [4.69, 9.17) is 22.1 Å². The summed E-state index contributed by atoms with van der Waals surface area (Å²) in [6.45, 7) is 1.85. The summed E-state index contributed by atoms with van der Waals surface area (Å²) >= 11 is 6.04. The first-order valence-electron chi connectivity index (χ1n) is 9.65. The number of aromatic nitrogens is 3. The first-order chi connectivity index (χ1) is 14.9. The molecule has 4 rings (SSSR count). The molecule has 0 saturated heterocycles. The summed E-state index contributed by atoms with van der Waals surface area (Å²) in [5.41, 5.74) is 9.18. The van der Waals surface area contributed by atoms with Crippen LogP contribution >= 0.6 is 11.6 Å². The van der Waals surface area contributed by atoms with Crippen molar-refractivity contribution in [2.24, 2.45) is 5.73 Å². The summed E-state index contributed by atoms with van der Waals surface area (Å²) in [7, 11) is 3.71. The van der Waals surface area contributed by atoms with Crippen molar-refractivity contribution in [1.82, 2.24) is 20.1 Å². The zero-order valence-electron chi connectivity index (χ0n) is 17.1. The minimum atomic E-state index is -0.744. The van der Waals surface area contributed by atoms with Gasteiger partial charge in [-0.15, -0.1) is 10.2 Å². The minimum Gasteiger partial charge on any atom is -0.495 e. The summed E-state index contributed by atoms with van der Waals surface area (Å²) in [4.78, 5) is 18.5. The van der Waals surface area contributed by atoms with Crippen LogP contribution < -0.4 is 21.1 Å². The fourth-order valence-corrected chi connectivity index (χ4v) is 3.64. The van der Waals surface area contributed by atoms with Crippen molar-refractivity contribution < 1.29 is 9.53 Å². The number of nitrogens with two attached hydrogens (primary N) is 1. The third kappa shape index (κ3) is 4.68. The molecule has 10 heteroatoms. The number of halogens is 1. The van der Waals surface area contributed by atoms with Gasteiger partial charge in [0.25, 0.3) is 5.91 Å². The molecule has 0 radical (unpaired) electrons. The molecule has 0 saturated carbocycles. The van der Waals surface area contributed by atoms with Gasteiger partial charge in [-0.25, -0.2) is 0 Å². The van der Waals surface area contributed by atoms with E-state index in [0.717, 1.165) is 19.5 Å². The van der Waals surface area contributed by atoms with Crippen LogP contribution in [0, 0.1) is 0 Å². The number of nitrogens with one attached hydrogen (secondary N) is 2. The fourth-order valence-electron chi connectivity index (χ4n) is 3.45. The van der Waals surface area contributed by atoms with Gasteiger partial charge >= 0.3 is 0 Å². The van der Waals surface area contributed by atoms with Crippen LogP contribution in [-0.4, -0.2) is 46.7 Å². The molecule has 0 atom stereocenters. The number of hydrogen-bond donors (Lipinski definition) is 3. The molecule has 1 aromatic heterocycles. The van der Waals surface area contributed by atoms with E-state index in [1.807, 2.05) is 12.1 Å². The molecule has 0 bridgehead atoms. The fraction of sp³-hybridized carbons (Fsp3) is 0.238. The van der Waals surface area contributed by atoms with E-state index >= 15 is 0 Å². The molecular formula is C21H22ClN7O2. The van der Waals surface area contributed by atoms with Gasteiger partial charge in [0.1, 0.15) is 5.75 Å². The van der Waals surface area contributed by atoms with Crippen molar-refractivity contribution >= 4 is 40.6 Å². The Morgan fingerprint density at radius 3 is 2.77 bits per heavy atom. The van der Waals surface area contributed by atoms with E-state index in [0.29, 0.717) is 22.1 Å². The SMILES string of the molecule is COc1cc2c(cc1Nc1nnc(C(N)=O)c(Nc3cccc(Cl)c3)n1)CCN(C)C2. The van der Waals surface area contributed by atoms with E-state index in [1.165, 1.54) is 11.1 Å². The highest BCUT2D eigenvalue weighted by molar-refractivity contribution is 6.30. The number of benzene rings is 2. The molecule has 2 heterocycles. The average molecular weight is 440 g/mol.